The van der Waals surface area contributed by atoms with E-state index in [-0.39, 0.29) is 0 Å². The van der Waals surface area contributed by atoms with Gasteiger partial charge in [0.1, 0.15) is 0 Å². The van der Waals surface area contributed by atoms with Crippen molar-refractivity contribution in [3.63, 3.8) is 0 Å². The van der Waals surface area contributed by atoms with Gasteiger partial charge in [0.2, 0.25) is 0 Å². The first-order valence-corrected chi connectivity index (χ1v) is 5.79. The molecule has 2 heteroatoms. The van der Waals surface area contributed by atoms with E-state index >= 15 is 0 Å². The molecule has 0 unspecified atom stereocenters. The Hall–Kier alpha value is -1.02. The van der Waals surface area contributed by atoms with Gasteiger partial charge in [-0.15, -0.1) is 0 Å². The van der Waals surface area contributed by atoms with Crippen molar-refractivity contribution in [2.45, 2.75) is 39.5 Å². The minimum atomic E-state index is 0.819. The molecule has 0 saturated carbocycles. The summed E-state index contributed by atoms with van der Waals surface area (Å²) in [5, 5.41) is 0. The van der Waals surface area contributed by atoms with Crippen LogP contribution in [-0.4, -0.2) is 6.54 Å². The Morgan fingerprint density at radius 3 is 2.27 bits per heavy atom. The molecule has 0 atom stereocenters. The Bertz CT molecular complexity index is 244. The second-order valence-corrected chi connectivity index (χ2v) is 3.64. The number of benzene rings is 1. The Morgan fingerprint density at radius 2 is 1.80 bits per heavy atom. The number of anilines is 1. The number of nitrogen functional groups attached to an aromatic ring is 1. The summed E-state index contributed by atoms with van der Waals surface area (Å²) < 4.78 is 0. The highest BCUT2D eigenvalue weighted by Crippen LogP contribution is 2.09. The lowest BCUT2D eigenvalue weighted by Crippen LogP contribution is -1.93. The minimum Gasteiger partial charge on any atom is -0.399 e. The van der Waals surface area contributed by atoms with Crippen LogP contribution in [-0.2, 0) is 6.42 Å². The van der Waals surface area contributed by atoms with Crippen LogP contribution in [0.4, 0.5) is 5.69 Å². The van der Waals surface area contributed by atoms with Gasteiger partial charge in [-0.05, 0) is 43.5 Å². The van der Waals surface area contributed by atoms with Crippen molar-refractivity contribution in [3.05, 3.63) is 29.8 Å². The van der Waals surface area contributed by atoms with Gasteiger partial charge in [0.25, 0.3) is 0 Å². The van der Waals surface area contributed by atoms with Gasteiger partial charge in [-0.2, -0.15) is 0 Å². The maximum absolute atomic E-state index is 5.63. The monoisotopic (exact) mass is 208 g/mol. The van der Waals surface area contributed by atoms with Crippen molar-refractivity contribution >= 4 is 5.69 Å². The van der Waals surface area contributed by atoms with E-state index in [2.05, 4.69) is 26.0 Å². The van der Waals surface area contributed by atoms with E-state index in [9.17, 15) is 0 Å². The smallest absolute Gasteiger partial charge is 0.0316 e. The van der Waals surface area contributed by atoms with E-state index in [1.165, 1.54) is 18.4 Å². The molecule has 0 heterocycles. The first-order chi connectivity index (χ1) is 7.24. The molecule has 86 valence electrons. The summed E-state index contributed by atoms with van der Waals surface area (Å²) in [6, 6.07) is 8.12. The minimum absolute atomic E-state index is 0.819. The molecule has 1 rings (SSSR count). The van der Waals surface area contributed by atoms with E-state index in [0.717, 1.165) is 25.1 Å². The maximum atomic E-state index is 5.63. The third-order valence-corrected chi connectivity index (χ3v) is 2.06. The molecule has 15 heavy (non-hydrogen) atoms. The van der Waals surface area contributed by atoms with Crippen LogP contribution >= 0.6 is 0 Å². The zero-order chi connectivity index (χ0) is 11.5. The molecule has 4 N–H and O–H groups in total. The van der Waals surface area contributed by atoms with Gasteiger partial charge >= 0.3 is 0 Å². The fraction of sp³-hybridized carbons (Fsp3) is 0.538. The Kier molecular flexibility index (Phi) is 8.88. The summed E-state index contributed by atoms with van der Waals surface area (Å²) in [5.41, 5.74) is 12.9. The molecule has 0 aliphatic carbocycles. The van der Waals surface area contributed by atoms with Crippen LogP contribution < -0.4 is 11.5 Å². The molecular formula is C13H24N2. The second-order valence-electron chi connectivity index (χ2n) is 3.64. The van der Waals surface area contributed by atoms with Gasteiger partial charge < -0.3 is 11.5 Å². The van der Waals surface area contributed by atoms with Crippen LogP contribution in [0.15, 0.2) is 24.3 Å². The number of hydrogen-bond acceptors (Lipinski definition) is 2. The molecule has 0 aliphatic rings. The fourth-order valence-electron chi connectivity index (χ4n) is 1.13. The fourth-order valence-corrected chi connectivity index (χ4v) is 1.13. The summed E-state index contributed by atoms with van der Waals surface area (Å²) >= 11 is 0. The standard InChI is InChI=1S/C10H15N.C3H9N/c1-2-3-5-9-6-4-7-10(11)8-9;1-2-3-4/h4,6-8H,2-3,5,11H2,1H3;2-4H2,1H3. The molecule has 1 aromatic rings. The topological polar surface area (TPSA) is 52.0 Å². The third-order valence-electron chi connectivity index (χ3n) is 2.06. The van der Waals surface area contributed by atoms with Crippen molar-refractivity contribution in [2.75, 3.05) is 12.3 Å². The molecule has 0 saturated heterocycles. The van der Waals surface area contributed by atoms with E-state index in [1.54, 1.807) is 0 Å². The van der Waals surface area contributed by atoms with Crippen LogP contribution in [0.25, 0.3) is 0 Å². The first kappa shape index (κ1) is 14.0. The zero-order valence-corrected chi connectivity index (χ0v) is 10.00. The SMILES string of the molecule is CCCCc1cccc(N)c1.CCCN. The van der Waals surface area contributed by atoms with Crippen molar-refractivity contribution in [2.24, 2.45) is 5.73 Å². The highest BCUT2D eigenvalue weighted by Gasteiger charge is 1.91. The summed E-state index contributed by atoms with van der Waals surface area (Å²) in [5.74, 6) is 0. The van der Waals surface area contributed by atoms with Gasteiger partial charge in [0.15, 0.2) is 0 Å². The van der Waals surface area contributed by atoms with Crippen LogP contribution in [0.1, 0.15) is 38.7 Å². The highest BCUT2D eigenvalue weighted by atomic mass is 14.5. The molecular weight excluding hydrogens is 184 g/mol. The molecule has 0 spiro atoms. The highest BCUT2D eigenvalue weighted by molar-refractivity contribution is 5.40. The van der Waals surface area contributed by atoms with Crippen LogP contribution in [0.5, 0.6) is 0 Å². The molecule has 0 bridgehead atoms. The Labute approximate surface area is 93.7 Å². The van der Waals surface area contributed by atoms with E-state index < -0.39 is 0 Å². The molecule has 0 fully saturated rings. The molecule has 0 amide bonds. The van der Waals surface area contributed by atoms with Crippen molar-refractivity contribution in [1.29, 1.82) is 0 Å². The molecule has 2 nitrogen and oxygen atoms in total. The van der Waals surface area contributed by atoms with Gasteiger partial charge in [-0.1, -0.05) is 32.4 Å². The number of unbranched alkanes of at least 4 members (excludes halogenated alkanes) is 1. The average Bonchev–Trinajstić information content (AvgIpc) is 2.27. The molecule has 1 aromatic carbocycles. The molecule has 0 aliphatic heterocycles. The Morgan fingerprint density at radius 1 is 1.13 bits per heavy atom. The summed E-state index contributed by atoms with van der Waals surface area (Å²) in [6.07, 6.45) is 4.75. The van der Waals surface area contributed by atoms with Gasteiger partial charge in [-0.25, -0.2) is 0 Å². The number of aryl methyl sites for hydroxylation is 1. The lowest BCUT2D eigenvalue weighted by Gasteiger charge is -1.99. The average molecular weight is 208 g/mol. The lowest BCUT2D eigenvalue weighted by molar-refractivity contribution is 0.795. The van der Waals surface area contributed by atoms with Crippen molar-refractivity contribution < 1.29 is 0 Å². The molecule has 0 radical (unpaired) electrons. The first-order valence-electron chi connectivity index (χ1n) is 5.79. The van der Waals surface area contributed by atoms with Crippen LogP contribution in [0.2, 0.25) is 0 Å². The number of hydrogen-bond donors (Lipinski definition) is 2. The maximum Gasteiger partial charge on any atom is 0.0316 e. The zero-order valence-electron chi connectivity index (χ0n) is 10.00. The summed E-state index contributed by atoms with van der Waals surface area (Å²) in [6.45, 7) is 5.08. The van der Waals surface area contributed by atoms with Crippen LogP contribution in [0, 0.1) is 0 Å². The summed E-state index contributed by atoms with van der Waals surface area (Å²) in [7, 11) is 0. The predicted octanol–water partition coefficient (Wildman–Crippen LogP) is 2.97. The van der Waals surface area contributed by atoms with E-state index in [1.807, 2.05) is 12.1 Å². The lowest BCUT2D eigenvalue weighted by atomic mass is 10.1. The van der Waals surface area contributed by atoms with Crippen molar-refractivity contribution in [3.8, 4) is 0 Å². The normalized spacial score (nSPS) is 9.27. The number of nitrogens with two attached hydrogens (primary N) is 2. The predicted molar refractivity (Wildman–Crippen MR) is 68.8 cm³/mol. The van der Waals surface area contributed by atoms with Gasteiger partial charge in [-0.3, -0.25) is 0 Å². The summed E-state index contributed by atoms with van der Waals surface area (Å²) in [4.78, 5) is 0. The largest absolute Gasteiger partial charge is 0.399 e. The van der Waals surface area contributed by atoms with Gasteiger partial charge in [0.05, 0.1) is 0 Å². The number of rotatable bonds is 4. The van der Waals surface area contributed by atoms with E-state index in [4.69, 9.17) is 11.5 Å². The van der Waals surface area contributed by atoms with E-state index in [0.29, 0.717) is 0 Å². The van der Waals surface area contributed by atoms with Crippen molar-refractivity contribution in [1.82, 2.24) is 0 Å². The second kappa shape index (κ2) is 9.53. The third kappa shape index (κ3) is 8.01. The van der Waals surface area contributed by atoms with Crippen LogP contribution in [0.3, 0.4) is 0 Å². The molecule has 0 aromatic heterocycles. The van der Waals surface area contributed by atoms with Gasteiger partial charge in [0, 0.05) is 5.69 Å². The Balaban J connectivity index is 0.000000423. The quantitative estimate of drug-likeness (QED) is 0.747.